The first-order valence-corrected chi connectivity index (χ1v) is 9.68. The largest absolute Gasteiger partial charge is 0.363 e. The van der Waals surface area contributed by atoms with Crippen molar-refractivity contribution in [3.05, 3.63) is 70.3 Å². The van der Waals surface area contributed by atoms with Crippen molar-refractivity contribution in [1.82, 2.24) is 24.0 Å². The summed E-state index contributed by atoms with van der Waals surface area (Å²) in [4.78, 5) is 36.7. The minimum Gasteiger partial charge on any atom is -0.363 e. The van der Waals surface area contributed by atoms with Crippen molar-refractivity contribution in [2.45, 2.75) is 6.54 Å². The molecular formula is C20H23N7O3. The van der Waals surface area contributed by atoms with Gasteiger partial charge in [0.2, 0.25) is 5.78 Å². The van der Waals surface area contributed by atoms with E-state index >= 15 is 0 Å². The molecule has 0 atom stereocenters. The Kier molecular flexibility index (Phi) is 5.32. The van der Waals surface area contributed by atoms with Gasteiger partial charge in [-0.3, -0.25) is 19.8 Å². The van der Waals surface area contributed by atoms with Crippen LogP contribution in [0.25, 0.3) is 0 Å². The molecule has 3 heterocycles. The summed E-state index contributed by atoms with van der Waals surface area (Å²) in [5.74, 6) is 0.906. The van der Waals surface area contributed by atoms with Gasteiger partial charge in [0.05, 0.1) is 11.5 Å². The Balaban J connectivity index is 1.50. The van der Waals surface area contributed by atoms with E-state index in [-0.39, 0.29) is 22.9 Å². The number of anilines is 1. The first kappa shape index (κ1) is 19.8. The molecule has 1 aliphatic heterocycles. The number of imidazole rings is 2. The number of carbonyl (C=O) groups excluding carboxylic acids is 1. The zero-order valence-corrected chi connectivity index (χ0v) is 16.9. The molecule has 1 aliphatic rings. The van der Waals surface area contributed by atoms with E-state index in [1.165, 1.54) is 12.3 Å². The molecule has 0 spiro atoms. The Bertz CT molecular complexity index is 1080. The standard InChI is InChI=1S/C20H23N7O3/c1-23-7-5-21-18(23)14-25-9-11-26(12-10-25)16-4-3-15(13-17(16)27(29)30)19(28)20-22-6-8-24(20)2/h3-8,13H,9-12,14H2,1-2H3. The van der Waals surface area contributed by atoms with Gasteiger partial charge in [0.15, 0.2) is 5.82 Å². The summed E-state index contributed by atoms with van der Waals surface area (Å²) in [6, 6.07) is 4.66. The second-order valence-electron chi connectivity index (χ2n) is 7.37. The predicted molar refractivity (Wildman–Crippen MR) is 110 cm³/mol. The van der Waals surface area contributed by atoms with E-state index in [2.05, 4.69) is 14.9 Å². The fraction of sp³-hybridized carbons (Fsp3) is 0.350. The van der Waals surface area contributed by atoms with Gasteiger partial charge in [-0.15, -0.1) is 0 Å². The zero-order valence-electron chi connectivity index (χ0n) is 16.9. The maximum absolute atomic E-state index is 12.7. The number of aromatic nitrogens is 4. The fourth-order valence-electron chi connectivity index (χ4n) is 3.69. The number of carbonyl (C=O) groups is 1. The summed E-state index contributed by atoms with van der Waals surface area (Å²) in [5, 5.41) is 11.7. The maximum Gasteiger partial charge on any atom is 0.293 e. The Morgan fingerprint density at radius 2 is 1.77 bits per heavy atom. The minimum absolute atomic E-state index is 0.0624. The zero-order chi connectivity index (χ0) is 21.3. The van der Waals surface area contributed by atoms with E-state index in [1.54, 1.807) is 36.1 Å². The molecule has 1 aromatic carbocycles. The van der Waals surface area contributed by atoms with Gasteiger partial charge in [0.25, 0.3) is 5.69 Å². The van der Waals surface area contributed by atoms with Crippen molar-refractivity contribution in [3.8, 4) is 0 Å². The van der Waals surface area contributed by atoms with Crippen LogP contribution in [-0.4, -0.2) is 60.9 Å². The number of nitrogens with zero attached hydrogens (tertiary/aromatic N) is 7. The van der Waals surface area contributed by atoms with Crippen LogP contribution in [0.4, 0.5) is 11.4 Å². The van der Waals surface area contributed by atoms with Crippen LogP contribution in [0, 0.1) is 10.1 Å². The Labute approximate surface area is 173 Å². The highest BCUT2D eigenvalue weighted by molar-refractivity contribution is 6.07. The van der Waals surface area contributed by atoms with Crippen LogP contribution in [-0.2, 0) is 20.6 Å². The average molecular weight is 409 g/mol. The molecule has 0 bridgehead atoms. The summed E-state index contributed by atoms with van der Waals surface area (Å²) in [5.41, 5.74) is 0.730. The number of nitro groups is 1. The quantitative estimate of drug-likeness (QED) is 0.346. The molecule has 10 heteroatoms. The predicted octanol–water partition coefficient (Wildman–Crippen LogP) is 1.61. The van der Waals surface area contributed by atoms with Gasteiger partial charge in [-0.1, -0.05) is 0 Å². The number of ketones is 1. The molecule has 1 saturated heterocycles. The van der Waals surface area contributed by atoms with Crippen molar-refractivity contribution >= 4 is 17.2 Å². The van der Waals surface area contributed by atoms with E-state index in [0.717, 1.165) is 25.5 Å². The third kappa shape index (κ3) is 3.81. The lowest BCUT2D eigenvalue weighted by Gasteiger charge is -2.35. The summed E-state index contributed by atoms with van der Waals surface area (Å²) in [6.45, 7) is 3.63. The van der Waals surface area contributed by atoms with Crippen LogP contribution < -0.4 is 4.90 Å². The van der Waals surface area contributed by atoms with Gasteiger partial charge in [0.1, 0.15) is 11.5 Å². The topological polar surface area (TPSA) is 102 Å². The van der Waals surface area contributed by atoms with E-state index in [0.29, 0.717) is 18.8 Å². The Morgan fingerprint density at radius 1 is 1.07 bits per heavy atom. The lowest BCUT2D eigenvalue weighted by Crippen LogP contribution is -2.46. The van der Waals surface area contributed by atoms with Crippen molar-refractivity contribution in [2.75, 3.05) is 31.1 Å². The molecule has 0 amide bonds. The molecule has 0 N–H and O–H groups in total. The fourth-order valence-corrected chi connectivity index (χ4v) is 3.69. The average Bonchev–Trinajstić information content (AvgIpc) is 3.35. The van der Waals surface area contributed by atoms with Gasteiger partial charge in [-0.25, -0.2) is 9.97 Å². The van der Waals surface area contributed by atoms with Crippen molar-refractivity contribution in [1.29, 1.82) is 0 Å². The van der Waals surface area contributed by atoms with Crippen molar-refractivity contribution in [2.24, 2.45) is 14.1 Å². The Hall–Kier alpha value is -3.53. The van der Waals surface area contributed by atoms with Crippen LogP contribution in [0.3, 0.4) is 0 Å². The number of piperazine rings is 1. The highest BCUT2D eigenvalue weighted by atomic mass is 16.6. The van der Waals surface area contributed by atoms with E-state index in [1.807, 2.05) is 22.7 Å². The number of nitro benzene ring substituents is 1. The van der Waals surface area contributed by atoms with Gasteiger partial charge in [-0.05, 0) is 12.1 Å². The van der Waals surface area contributed by atoms with Gasteiger partial charge >= 0.3 is 0 Å². The minimum atomic E-state index is -0.426. The molecule has 156 valence electrons. The SMILES string of the molecule is Cn1ccnc1CN1CCN(c2ccc(C(=O)c3nccn3C)cc2[N+](=O)[O-])CC1. The molecule has 0 saturated carbocycles. The smallest absolute Gasteiger partial charge is 0.293 e. The molecule has 1 fully saturated rings. The molecule has 3 aromatic rings. The molecule has 0 aliphatic carbocycles. The lowest BCUT2D eigenvalue weighted by molar-refractivity contribution is -0.384. The van der Waals surface area contributed by atoms with Gasteiger partial charge in [0, 0.05) is 76.7 Å². The van der Waals surface area contributed by atoms with Crippen LogP contribution >= 0.6 is 0 Å². The summed E-state index contributed by atoms with van der Waals surface area (Å²) < 4.78 is 3.59. The molecule has 0 radical (unpaired) electrons. The third-order valence-electron chi connectivity index (χ3n) is 5.46. The van der Waals surface area contributed by atoms with E-state index in [4.69, 9.17) is 0 Å². The number of aryl methyl sites for hydroxylation is 2. The van der Waals surface area contributed by atoms with Crippen molar-refractivity contribution < 1.29 is 9.72 Å². The highest BCUT2D eigenvalue weighted by Crippen LogP contribution is 2.31. The normalized spacial score (nSPS) is 14.8. The van der Waals surface area contributed by atoms with E-state index < -0.39 is 4.92 Å². The first-order valence-electron chi connectivity index (χ1n) is 9.68. The Morgan fingerprint density at radius 3 is 2.37 bits per heavy atom. The molecule has 30 heavy (non-hydrogen) atoms. The molecule has 0 unspecified atom stereocenters. The first-order chi connectivity index (χ1) is 14.4. The van der Waals surface area contributed by atoms with Crippen LogP contribution in [0.2, 0.25) is 0 Å². The number of rotatable bonds is 6. The highest BCUT2D eigenvalue weighted by Gasteiger charge is 2.26. The summed E-state index contributed by atoms with van der Waals surface area (Å²) >= 11 is 0. The van der Waals surface area contributed by atoms with E-state index in [9.17, 15) is 14.9 Å². The number of hydrogen-bond donors (Lipinski definition) is 0. The molecule has 2 aromatic heterocycles. The number of benzene rings is 1. The van der Waals surface area contributed by atoms with Crippen LogP contribution in [0.5, 0.6) is 0 Å². The second-order valence-corrected chi connectivity index (χ2v) is 7.37. The third-order valence-corrected chi connectivity index (χ3v) is 5.46. The van der Waals surface area contributed by atoms with Gasteiger partial charge in [-0.2, -0.15) is 0 Å². The molecular weight excluding hydrogens is 386 g/mol. The van der Waals surface area contributed by atoms with Crippen LogP contribution in [0.15, 0.2) is 43.0 Å². The molecule has 10 nitrogen and oxygen atoms in total. The molecule has 4 rings (SSSR count). The monoisotopic (exact) mass is 409 g/mol. The van der Waals surface area contributed by atoms with Gasteiger partial charge < -0.3 is 14.0 Å². The number of hydrogen-bond acceptors (Lipinski definition) is 7. The maximum atomic E-state index is 12.7. The van der Waals surface area contributed by atoms with Crippen molar-refractivity contribution in [3.63, 3.8) is 0 Å². The second kappa shape index (κ2) is 8.07. The summed E-state index contributed by atoms with van der Waals surface area (Å²) in [7, 11) is 3.68. The van der Waals surface area contributed by atoms with Crippen LogP contribution in [0.1, 0.15) is 22.0 Å². The summed E-state index contributed by atoms with van der Waals surface area (Å²) in [6.07, 6.45) is 6.90. The lowest BCUT2D eigenvalue weighted by atomic mass is 10.1.